The smallest absolute Gasteiger partial charge is 0.244 e. The van der Waals surface area contributed by atoms with Crippen LogP contribution in [0, 0.1) is 35.8 Å². The fraction of sp³-hybridized carbons (Fsp3) is 0.0588. The Balaban J connectivity index is 1.65. The molecule has 0 N–H and O–H groups in total. The van der Waals surface area contributed by atoms with Crippen molar-refractivity contribution >= 4 is 11.4 Å². The average Bonchev–Trinajstić information content (AvgIpc) is 3.61. The third-order valence-electron chi connectivity index (χ3n) is 7.90. The molecule has 0 unspecified atom stereocenters. The van der Waals surface area contributed by atoms with Crippen molar-refractivity contribution in [1.82, 2.24) is 19.9 Å². The largest absolute Gasteiger partial charge is 0.270 e. The molecule has 0 saturated heterocycles. The van der Waals surface area contributed by atoms with Crippen molar-refractivity contribution in [2.45, 2.75) is 12.8 Å². The fourth-order valence-electron chi connectivity index (χ4n) is 6.17. The monoisotopic (exact) mass is 536 g/mol. The SMILES string of the molecule is [C-]#[N+]C(C#N)=c1c2c(c(=C(C#N)[N+]#[C-])c3c1Cc1ccc(-c4cncnc4)cc1-3)-c1cc(-c3cncnc3)ccc1C2. The zero-order valence-corrected chi connectivity index (χ0v) is 21.9. The summed E-state index contributed by atoms with van der Waals surface area (Å²) in [5.41, 5.74) is 10.2. The zero-order valence-electron chi connectivity index (χ0n) is 21.9. The van der Waals surface area contributed by atoms with E-state index in [1.165, 1.54) is 12.7 Å². The first-order valence-electron chi connectivity index (χ1n) is 13.0. The van der Waals surface area contributed by atoms with E-state index in [9.17, 15) is 10.5 Å². The Kier molecular flexibility index (Phi) is 5.62. The Labute approximate surface area is 240 Å². The molecule has 8 nitrogen and oxygen atoms in total. The highest BCUT2D eigenvalue weighted by atomic mass is 14.8. The van der Waals surface area contributed by atoms with Crippen molar-refractivity contribution in [3.8, 4) is 56.6 Å². The van der Waals surface area contributed by atoms with Crippen LogP contribution in [0.5, 0.6) is 0 Å². The summed E-state index contributed by atoms with van der Waals surface area (Å²) in [5, 5.41) is 21.5. The van der Waals surface area contributed by atoms with Crippen molar-refractivity contribution in [3.63, 3.8) is 0 Å². The van der Waals surface area contributed by atoms with Crippen LogP contribution in [0.3, 0.4) is 0 Å². The Hall–Kier alpha value is -6.48. The van der Waals surface area contributed by atoms with Gasteiger partial charge in [0.15, 0.2) is 0 Å². The van der Waals surface area contributed by atoms with Crippen LogP contribution in [0.1, 0.15) is 22.3 Å². The van der Waals surface area contributed by atoms with Crippen LogP contribution in [0.15, 0.2) is 73.8 Å². The van der Waals surface area contributed by atoms with E-state index in [1.807, 2.05) is 36.4 Å². The molecule has 0 bridgehead atoms. The summed E-state index contributed by atoms with van der Waals surface area (Å²) in [7, 11) is 0. The van der Waals surface area contributed by atoms with Crippen molar-refractivity contribution in [3.05, 3.63) is 129 Å². The van der Waals surface area contributed by atoms with Gasteiger partial charge in [0.2, 0.25) is 0 Å². The third-order valence-corrected chi connectivity index (χ3v) is 7.90. The molecule has 8 heteroatoms. The summed E-state index contributed by atoms with van der Waals surface area (Å²) in [6, 6.07) is 16.4. The van der Waals surface area contributed by atoms with Gasteiger partial charge in [-0.2, -0.15) is 0 Å². The summed E-state index contributed by atoms with van der Waals surface area (Å²) in [4.78, 5) is 24.0. The van der Waals surface area contributed by atoms with Gasteiger partial charge < -0.3 is 0 Å². The molecule has 42 heavy (non-hydrogen) atoms. The maximum Gasteiger partial charge on any atom is 0.270 e. The van der Waals surface area contributed by atoms with Crippen LogP contribution < -0.4 is 10.4 Å². The second-order valence-electron chi connectivity index (χ2n) is 9.95. The van der Waals surface area contributed by atoms with Crippen molar-refractivity contribution in [2.24, 2.45) is 0 Å². The van der Waals surface area contributed by atoms with Gasteiger partial charge in [0.25, 0.3) is 11.4 Å². The van der Waals surface area contributed by atoms with Crippen molar-refractivity contribution in [2.75, 3.05) is 0 Å². The van der Waals surface area contributed by atoms with Crippen LogP contribution in [-0.2, 0) is 12.8 Å². The van der Waals surface area contributed by atoms with E-state index >= 15 is 0 Å². The van der Waals surface area contributed by atoms with Crippen molar-refractivity contribution < 1.29 is 0 Å². The molecule has 2 aliphatic carbocycles. The van der Waals surface area contributed by atoms with Crippen LogP contribution in [0.4, 0.5) is 0 Å². The maximum atomic E-state index is 10.2. The minimum absolute atomic E-state index is 0.00403. The number of fused-ring (bicyclic) bond motifs is 6. The summed E-state index contributed by atoms with van der Waals surface area (Å²) in [5.74, 6) is 0. The molecule has 0 spiro atoms. The highest BCUT2D eigenvalue weighted by Crippen LogP contribution is 2.42. The van der Waals surface area contributed by atoms with Gasteiger partial charge in [-0.15, -0.1) is 0 Å². The molecule has 2 aromatic heterocycles. The predicted octanol–water partition coefficient (Wildman–Crippen LogP) is 4.85. The first-order valence-corrected chi connectivity index (χ1v) is 13.0. The lowest BCUT2D eigenvalue weighted by Gasteiger charge is -2.14. The quantitative estimate of drug-likeness (QED) is 0.293. The molecule has 0 atom stereocenters. The average molecular weight is 537 g/mol. The Morgan fingerprint density at radius 2 is 1.05 bits per heavy atom. The number of rotatable bonds is 2. The molecule has 2 heterocycles. The molecule has 5 aromatic rings. The molecule has 2 aliphatic rings. The highest BCUT2D eigenvalue weighted by Gasteiger charge is 2.32. The number of hydrogen-bond acceptors (Lipinski definition) is 6. The van der Waals surface area contributed by atoms with Gasteiger partial charge in [0, 0.05) is 41.1 Å². The van der Waals surface area contributed by atoms with E-state index in [1.54, 1.807) is 24.8 Å². The van der Waals surface area contributed by atoms with Crippen molar-refractivity contribution in [1.29, 1.82) is 10.5 Å². The van der Waals surface area contributed by atoms with E-state index in [2.05, 4.69) is 41.8 Å². The molecule has 0 aliphatic heterocycles. The standard InChI is InChI=1S/C34H16N8/c1-37-29(11-35)31-27-9-21-5-3-19(23-13-39-17-40-14-23)7-25(21)32(27)34(30(12-36)38-2)33-26-8-20(24-15-41-18-42-16-24)4-6-22(26)10-28(31)33/h3-8,13-18H,9-10H2. The maximum absolute atomic E-state index is 10.2. The lowest BCUT2D eigenvalue weighted by Crippen LogP contribution is -2.25. The molecular weight excluding hydrogens is 520 g/mol. The second kappa shape index (κ2) is 9.61. The van der Waals surface area contributed by atoms with E-state index < -0.39 is 0 Å². The van der Waals surface area contributed by atoms with Crippen LogP contribution >= 0.6 is 0 Å². The third kappa shape index (κ3) is 3.58. The van der Waals surface area contributed by atoms with Gasteiger partial charge in [-0.25, -0.2) is 40.1 Å². The predicted molar refractivity (Wildman–Crippen MR) is 155 cm³/mol. The minimum Gasteiger partial charge on any atom is -0.244 e. The summed E-state index contributed by atoms with van der Waals surface area (Å²) < 4.78 is 0. The Morgan fingerprint density at radius 3 is 1.45 bits per heavy atom. The first kappa shape index (κ1) is 24.6. The van der Waals surface area contributed by atoms with Gasteiger partial charge in [0.05, 0.1) is 25.3 Å². The number of aromatic nitrogens is 4. The van der Waals surface area contributed by atoms with Gasteiger partial charge in [-0.05, 0) is 85.8 Å². The molecule has 0 saturated carbocycles. The number of nitriles is 2. The lowest BCUT2D eigenvalue weighted by atomic mass is 9.89. The van der Waals surface area contributed by atoms with E-state index in [-0.39, 0.29) is 11.4 Å². The van der Waals surface area contributed by atoms with Gasteiger partial charge >= 0.3 is 0 Å². The fourth-order valence-corrected chi connectivity index (χ4v) is 6.17. The molecule has 0 radical (unpaired) electrons. The van der Waals surface area contributed by atoms with E-state index in [0.29, 0.717) is 23.3 Å². The molecule has 7 rings (SSSR count). The second-order valence-corrected chi connectivity index (χ2v) is 9.95. The van der Waals surface area contributed by atoms with Crippen LogP contribution in [0.25, 0.3) is 65.6 Å². The van der Waals surface area contributed by atoms with Crippen LogP contribution in [0.2, 0.25) is 0 Å². The minimum atomic E-state index is -0.0297. The summed E-state index contributed by atoms with van der Waals surface area (Å²) >= 11 is 0. The van der Waals surface area contributed by atoms with Gasteiger partial charge in [-0.1, -0.05) is 24.3 Å². The summed E-state index contributed by atoms with van der Waals surface area (Å²) in [6.45, 7) is 15.9. The number of nitrogens with zero attached hydrogens (tertiary/aromatic N) is 8. The van der Waals surface area contributed by atoms with Crippen LogP contribution in [-0.4, -0.2) is 19.9 Å². The highest BCUT2D eigenvalue weighted by molar-refractivity contribution is 5.94. The molecular formula is C34H16N8. The molecule has 0 fully saturated rings. The molecule has 3 aromatic carbocycles. The number of hydrogen-bond donors (Lipinski definition) is 0. The zero-order chi connectivity index (χ0) is 28.8. The van der Waals surface area contributed by atoms with Gasteiger partial charge in [-0.3, -0.25) is 0 Å². The molecule has 0 amide bonds. The normalized spacial score (nSPS) is 11.5. The first-order chi connectivity index (χ1) is 20.7. The lowest BCUT2D eigenvalue weighted by molar-refractivity contribution is 1.16. The van der Waals surface area contributed by atoms with E-state index in [4.69, 9.17) is 13.1 Å². The topological polar surface area (TPSA) is 108 Å². The Bertz CT molecular complexity index is 2120. The molecule has 192 valence electrons. The van der Waals surface area contributed by atoms with Gasteiger partial charge in [0.1, 0.15) is 12.7 Å². The summed E-state index contributed by atoms with van der Waals surface area (Å²) in [6.07, 6.45) is 10.8. The Morgan fingerprint density at radius 1 is 0.619 bits per heavy atom. The number of benzene rings is 3. The van der Waals surface area contributed by atoms with E-state index in [0.717, 1.165) is 66.8 Å².